The molecule has 1 aromatic heterocycles. The number of nitrogens with zero attached hydrogens (tertiary/aromatic N) is 4. The second-order valence-electron chi connectivity index (χ2n) is 9.24. The van der Waals surface area contributed by atoms with E-state index in [4.69, 9.17) is 4.99 Å². The van der Waals surface area contributed by atoms with Crippen LogP contribution in [-0.2, 0) is 14.8 Å². The van der Waals surface area contributed by atoms with E-state index in [-0.39, 0.29) is 27.5 Å². The predicted octanol–water partition coefficient (Wildman–Crippen LogP) is 3.83. The third-order valence-electron chi connectivity index (χ3n) is 6.82. The number of para-hydroxylation sites is 1. The van der Waals surface area contributed by atoms with E-state index in [1.807, 2.05) is 24.3 Å². The maximum atomic E-state index is 13.9. The Morgan fingerprint density at radius 1 is 1.11 bits per heavy atom. The first-order valence-electron chi connectivity index (χ1n) is 12.2. The number of urea groups is 1. The van der Waals surface area contributed by atoms with Gasteiger partial charge < -0.3 is 15.5 Å². The van der Waals surface area contributed by atoms with Gasteiger partial charge in [0, 0.05) is 30.4 Å². The Morgan fingerprint density at radius 3 is 2.66 bits per heavy atom. The number of fused-ring (bicyclic) bond motifs is 1. The van der Waals surface area contributed by atoms with Crippen LogP contribution in [0, 0.1) is 5.92 Å². The highest BCUT2D eigenvalue weighted by Crippen LogP contribution is 2.38. The van der Waals surface area contributed by atoms with Crippen molar-refractivity contribution in [3.63, 3.8) is 0 Å². The van der Waals surface area contributed by atoms with Gasteiger partial charge in [0.05, 0.1) is 10.6 Å². The zero-order valence-corrected chi connectivity index (χ0v) is 22.3. The zero-order valence-electron chi connectivity index (χ0n) is 20.6. The minimum absolute atomic E-state index is 0.0637. The molecule has 0 saturated heterocycles. The Kier molecular flexibility index (Phi) is 7.13. The average molecular weight is 554 g/mol. The Balaban J connectivity index is 1.41. The fraction of sp³-hybridized carbons (Fsp3) is 0.320. The number of benzodiazepines with no additional fused rings is 1. The van der Waals surface area contributed by atoms with Crippen molar-refractivity contribution in [1.29, 1.82) is 0 Å². The number of nitrogens with one attached hydrogen (secondary N) is 3. The normalized spacial score (nSPS) is 19.9. The minimum Gasteiger partial charge on any atom is -0.311 e. The number of hydrogen-bond donors (Lipinski definition) is 3. The lowest BCUT2D eigenvalue weighted by molar-refractivity contribution is -0.126. The smallest absolute Gasteiger partial charge is 0.311 e. The van der Waals surface area contributed by atoms with Crippen molar-refractivity contribution in [3.8, 4) is 0 Å². The van der Waals surface area contributed by atoms with E-state index >= 15 is 0 Å². The number of amides is 3. The molecule has 3 aromatic rings. The Morgan fingerprint density at radius 2 is 1.89 bits per heavy atom. The van der Waals surface area contributed by atoms with E-state index < -0.39 is 21.7 Å². The van der Waals surface area contributed by atoms with Gasteiger partial charge in [0.25, 0.3) is 15.9 Å². The molecular formula is C25H27N7O4S2. The van der Waals surface area contributed by atoms with Crippen LogP contribution < -0.4 is 20.3 Å². The molecule has 2 heterocycles. The van der Waals surface area contributed by atoms with Gasteiger partial charge in [-0.15, -0.1) is 10.2 Å². The average Bonchev–Trinajstić information content (AvgIpc) is 3.40. The summed E-state index contributed by atoms with van der Waals surface area (Å²) >= 11 is 1.05. The fourth-order valence-electron chi connectivity index (χ4n) is 4.95. The Labute approximate surface area is 224 Å². The number of likely N-dealkylation sites (N-methyl/N-ethyl adjacent to an activating group) is 1. The molecule has 1 unspecified atom stereocenters. The van der Waals surface area contributed by atoms with Gasteiger partial charge in [-0.05, 0) is 37.1 Å². The summed E-state index contributed by atoms with van der Waals surface area (Å²) in [5.41, 5.74) is 1.64. The molecule has 2 aromatic carbocycles. The van der Waals surface area contributed by atoms with E-state index in [2.05, 4.69) is 25.6 Å². The third kappa shape index (κ3) is 5.11. The van der Waals surface area contributed by atoms with Crippen molar-refractivity contribution in [2.24, 2.45) is 10.9 Å². The van der Waals surface area contributed by atoms with Crippen LogP contribution in [0.4, 0.5) is 21.3 Å². The van der Waals surface area contributed by atoms with Crippen LogP contribution in [0.3, 0.4) is 0 Å². The van der Waals surface area contributed by atoms with Gasteiger partial charge >= 0.3 is 6.03 Å². The van der Waals surface area contributed by atoms with Crippen molar-refractivity contribution in [1.82, 2.24) is 15.5 Å². The van der Waals surface area contributed by atoms with Crippen molar-refractivity contribution in [3.05, 3.63) is 59.6 Å². The van der Waals surface area contributed by atoms with Gasteiger partial charge in [-0.3, -0.25) is 14.5 Å². The maximum absolute atomic E-state index is 13.9. The molecule has 1 atom stereocenters. The van der Waals surface area contributed by atoms with Crippen molar-refractivity contribution in [2.75, 3.05) is 22.0 Å². The van der Waals surface area contributed by atoms with Gasteiger partial charge in [0.2, 0.25) is 10.8 Å². The highest BCUT2D eigenvalue weighted by molar-refractivity contribution is 7.93. The van der Waals surface area contributed by atoms with Crippen LogP contribution >= 0.6 is 11.3 Å². The van der Waals surface area contributed by atoms with E-state index in [9.17, 15) is 18.0 Å². The van der Waals surface area contributed by atoms with E-state index in [1.165, 1.54) is 23.7 Å². The monoisotopic (exact) mass is 553 g/mol. The molecule has 3 amide bonds. The van der Waals surface area contributed by atoms with Crippen LogP contribution in [0.5, 0.6) is 0 Å². The molecule has 1 fully saturated rings. The SMILES string of the molecule is CN1C(=O)C(NC(=O)Nc2cccc(S(=O)(=O)Nc3nncs3)c2)(C2CCCCC2)N=Cc2ccccc21. The molecule has 5 rings (SSSR count). The molecular weight excluding hydrogens is 526 g/mol. The van der Waals surface area contributed by atoms with Gasteiger partial charge in [0.15, 0.2) is 0 Å². The number of aliphatic imine (C=N–C) groups is 1. The van der Waals surface area contributed by atoms with Crippen LogP contribution in [0.2, 0.25) is 0 Å². The molecule has 3 N–H and O–H groups in total. The fourth-order valence-corrected chi connectivity index (χ4v) is 6.69. The molecule has 13 heteroatoms. The highest BCUT2D eigenvalue weighted by Gasteiger charge is 2.49. The van der Waals surface area contributed by atoms with Gasteiger partial charge in [-0.1, -0.05) is 54.9 Å². The molecule has 1 saturated carbocycles. The van der Waals surface area contributed by atoms with Crippen LogP contribution in [0.1, 0.15) is 37.7 Å². The van der Waals surface area contributed by atoms with E-state index in [0.717, 1.165) is 49.0 Å². The summed E-state index contributed by atoms with van der Waals surface area (Å²) in [6, 6.07) is 12.6. The lowest BCUT2D eigenvalue weighted by Crippen LogP contribution is -2.63. The topological polar surface area (TPSA) is 146 Å². The minimum atomic E-state index is -3.95. The molecule has 198 valence electrons. The van der Waals surface area contributed by atoms with Crippen molar-refractivity contribution < 1.29 is 18.0 Å². The number of benzene rings is 2. The number of sulfonamides is 1. The summed E-state index contributed by atoms with van der Waals surface area (Å²) < 4.78 is 27.9. The molecule has 2 aliphatic rings. The second-order valence-corrected chi connectivity index (χ2v) is 11.8. The van der Waals surface area contributed by atoms with Crippen LogP contribution in [0.25, 0.3) is 0 Å². The quantitative estimate of drug-likeness (QED) is 0.423. The van der Waals surface area contributed by atoms with Crippen LogP contribution in [0.15, 0.2) is 63.9 Å². The summed E-state index contributed by atoms with van der Waals surface area (Å²) in [4.78, 5) is 33.5. The van der Waals surface area contributed by atoms with E-state index in [0.29, 0.717) is 5.69 Å². The molecule has 0 bridgehead atoms. The van der Waals surface area contributed by atoms with Gasteiger partial charge in [-0.25, -0.2) is 13.2 Å². The van der Waals surface area contributed by atoms with Crippen molar-refractivity contribution in [2.45, 2.75) is 42.7 Å². The zero-order chi connectivity index (χ0) is 26.8. The molecule has 1 aliphatic carbocycles. The summed E-state index contributed by atoms with van der Waals surface area (Å²) in [6.45, 7) is 0. The largest absolute Gasteiger partial charge is 0.321 e. The number of aromatic nitrogens is 2. The molecule has 1 aliphatic heterocycles. The molecule has 0 radical (unpaired) electrons. The number of anilines is 3. The molecule has 38 heavy (non-hydrogen) atoms. The standard InChI is InChI=1S/C25H27N7O4S2/c1-32-21-13-6-5-8-17(21)15-26-25(22(32)33,18-9-3-2-4-10-18)29-23(34)28-19-11-7-12-20(14-19)38(35,36)31-24-30-27-16-37-24/h5-8,11-16,18H,2-4,9-10H2,1H3,(H,30,31)(H2,28,29,34). The molecule has 11 nitrogen and oxygen atoms in total. The third-order valence-corrected chi connectivity index (χ3v) is 8.89. The second kappa shape index (κ2) is 10.5. The number of hydrogen-bond acceptors (Lipinski definition) is 8. The number of carbonyl (C=O) groups excluding carboxylic acids is 2. The van der Waals surface area contributed by atoms with Gasteiger partial charge in [-0.2, -0.15) is 0 Å². The first-order valence-corrected chi connectivity index (χ1v) is 14.6. The number of rotatable bonds is 6. The predicted molar refractivity (Wildman–Crippen MR) is 146 cm³/mol. The van der Waals surface area contributed by atoms with Crippen molar-refractivity contribution >= 4 is 56.0 Å². The first kappa shape index (κ1) is 25.8. The summed E-state index contributed by atoms with van der Waals surface area (Å²) in [5, 5.41) is 13.0. The summed E-state index contributed by atoms with van der Waals surface area (Å²) in [7, 11) is -2.26. The highest BCUT2D eigenvalue weighted by atomic mass is 32.2. The summed E-state index contributed by atoms with van der Waals surface area (Å²) in [5.74, 6) is -0.510. The Bertz CT molecular complexity index is 1470. The number of carbonyl (C=O) groups is 2. The lowest BCUT2D eigenvalue weighted by Gasteiger charge is -2.40. The Hall–Kier alpha value is -3.84. The van der Waals surface area contributed by atoms with E-state index in [1.54, 1.807) is 24.2 Å². The first-order chi connectivity index (χ1) is 18.3. The molecule has 0 spiro atoms. The lowest BCUT2D eigenvalue weighted by atomic mass is 9.79. The van der Waals surface area contributed by atoms with Crippen LogP contribution in [-0.4, -0.2) is 49.5 Å². The maximum Gasteiger partial charge on any atom is 0.321 e. The van der Waals surface area contributed by atoms with Gasteiger partial charge in [0.1, 0.15) is 5.51 Å². The summed E-state index contributed by atoms with van der Waals surface area (Å²) in [6.07, 6.45) is 6.10.